The van der Waals surface area contributed by atoms with Crippen molar-refractivity contribution >= 4 is 11.9 Å². The quantitative estimate of drug-likeness (QED) is 0.702. The van der Waals surface area contributed by atoms with Gasteiger partial charge in [-0.15, -0.1) is 0 Å². The molecular formula is C12H14O4. The lowest BCUT2D eigenvalue weighted by Crippen LogP contribution is -2.18. The van der Waals surface area contributed by atoms with Gasteiger partial charge in [0.15, 0.2) is 0 Å². The summed E-state index contributed by atoms with van der Waals surface area (Å²) in [5.74, 6) is -2.18. The topological polar surface area (TPSA) is 74.6 Å². The molecule has 2 aliphatic rings. The van der Waals surface area contributed by atoms with E-state index >= 15 is 0 Å². The maximum absolute atomic E-state index is 11.0. The van der Waals surface area contributed by atoms with Gasteiger partial charge >= 0.3 is 11.9 Å². The van der Waals surface area contributed by atoms with Crippen LogP contribution in [0.4, 0.5) is 0 Å². The van der Waals surface area contributed by atoms with Crippen LogP contribution in [0, 0.1) is 0 Å². The Bertz CT molecular complexity index is 377. The average Bonchev–Trinajstić information content (AvgIpc) is 2.27. The van der Waals surface area contributed by atoms with E-state index < -0.39 is 11.9 Å². The van der Waals surface area contributed by atoms with E-state index in [4.69, 9.17) is 10.2 Å². The Morgan fingerprint density at radius 1 is 0.812 bits per heavy atom. The summed E-state index contributed by atoms with van der Waals surface area (Å²) in [5.41, 5.74) is 2.48. The maximum Gasteiger partial charge on any atom is 0.332 e. The van der Waals surface area contributed by atoms with Crippen LogP contribution in [-0.2, 0) is 9.59 Å². The second-order valence-corrected chi connectivity index (χ2v) is 4.34. The SMILES string of the molecule is O=C(O)C1=C(C(=O)O)CC2=C(CCCC2)C1. The molecule has 0 aliphatic heterocycles. The molecule has 0 aromatic heterocycles. The fraction of sp³-hybridized carbons (Fsp3) is 0.500. The number of hydrogen-bond acceptors (Lipinski definition) is 2. The number of aliphatic carboxylic acids is 2. The molecule has 86 valence electrons. The molecule has 4 nitrogen and oxygen atoms in total. The smallest absolute Gasteiger partial charge is 0.332 e. The van der Waals surface area contributed by atoms with Gasteiger partial charge in [0, 0.05) is 12.8 Å². The summed E-state index contributed by atoms with van der Waals surface area (Å²) in [4.78, 5) is 22.0. The Hall–Kier alpha value is -1.58. The first kappa shape index (κ1) is 10.9. The van der Waals surface area contributed by atoms with Gasteiger partial charge in [-0.25, -0.2) is 9.59 Å². The first-order chi connectivity index (χ1) is 7.59. The van der Waals surface area contributed by atoms with Crippen LogP contribution in [-0.4, -0.2) is 22.2 Å². The van der Waals surface area contributed by atoms with Crippen molar-refractivity contribution in [1.29, 1.82) is 0 Å². The van der Waals surface area contributed by atoms with E-state index in [-0.39, 0.29) is 11.1 Å². The molecule has 0 heterocycles. The minimum Gasteiger partial charge on any atom is -0.478 e. The molecule has 4 heteroatoms. The zero-order chi connectivity index (χ0) is 11.7. The summed E-state index contributed by atoms with van der Waals surface area (Å²) in [7, 11) is 0. The minimum absolute atomic E-state index is 0.0770. The molecule has 0 aromatic carbocycles. The van der Waals surface area contributed by atoms with Crippen LogP contribution in [0.25, 0.3) is 0 Å². The van der Waals surface area contributed by atoms with Gasteiger partial charge in [-0.3, -0.25) is 0 Å². The zero-order valence-electron chi connectivity index (χ0n) is 8.95. The lowest BCUT2D eigenvalue weighted by molar-refractivity contribution is -0.136. The highest BCUT2D eigenvalue weighted by Gasteiger charge is 2.28. The third-order valence-corrected chi connectivity index (χ3v) is 3.37. The van der Waals surface area contributed by atoms with Crippen LogP contribution in [0.5, 0.6) is 0 Å². The Morgan fingerprint density at radius 2 is 1.19 bits per heavy atom. The van der Waals surface area contributed by atoms with Crippen molar-refractivity contribution in [2.75, 3.05) is 0 Å². The molecule has 2 rings (SSSR count). The van der Waals surface area contributed by atoms with E-state index in [1.807, 2.05) is 0 Å². The standard InChI is InChI=1S/C12H14O4/c13-11(14)9-5-7-3-1-2-4-8(7)6-10(9)12(15)16/h1-6H2,(H,13,14)(H,15,16). The van der Waals surface area contributed by atoms with E-state index in [0.717, 1.165) is 36.8 Å². The van der Waals surface area contributed by atoms with Gasteiger partial charge in [0.25, 0.3) is 0 Å². The Kier molecular flexibility index (Phi) is 2.81. The van der Waals surface area contributed by atoms with E-state index in [1.54, 1.807) is 0 Å². The summed E-state index contributed by atoms with van der Waals surface area (Å²) in [6.45, 7) is 0. The van der Waals surface area contributed by atoms with E-state index in [9.17, 15) is 9.59 Å². The molecule has 2 N–H and O–H groups in total. The Balaban J connectivity index is 2.33. The van der Waals surface area contributed by atoms with Crippen molar-refractivity contribution < 1.29 is 19.8 Å². The molecule has 0 saturated carbocycles. The van der Waals surface area contributed by atoms with Crippen LogP contribution in [0.3, 0.4) is 0 Å². The monoisotopic (exact) mass is 222 g/mol. The number of allylic oxidation sites excluding steroid dienone is 2. The summed E-state index contributed by atoms with van der Waals surface area (Å²) < 4.78 is 0. The van der Waals surface area contributed by atoms with Crippen molar-refractivity contribution in [3.05, 3.63) is 22.3 Å². The minimum atomic E-state index is -1.09. The second kappa shape index (κ2) is 4.12. The summed E-state index contributed by atoms with van der Waals surface area (Å²) >= 11 is 0. The van der Waals surface area contributed by atoms with Crippen molar-refractivity contribution in [3.8, 4) is 0 Å². The molecule has 0 bridgehead atoms. The van der Waals surface area contributed by atoms with Crippen molar-refractivity contribution in [1.82, 2.24) is 0 Å². The first-order valence-corrected chi connectivity index (χ1v) is 5.48. The van der Waals surface area contributed by atoms with Crippen LogP contribution in [0.2, 0.25) is 0 Å². The van der Waals surface area contributed by atoms with Crippen molar-refractivity contribution in [3.63, 3.8) is 0 Å². The summed E-state index contributed by atoms with van der Waals surface area (Å²) in [6.07, 6.45) is 4.69. The van der Waals surface area contributed by atoms with Crippen molar-refractivity contribution in [2.24, 2.45) is 0 Å². The fourth-order valence-corrected chi connectivity index (χ4v) is 2.51. The molecular weight excluding hydrogens is 208 g/mol. The lowest BCUT2D eigenvalue weighted by atomic mass is 9.79. The van der Waals surface area contributed by atoms with Gasteiger partial charge in [0.2, 0.25) is 0 Å². The van der Waals surface area contributed by atoms with Gasteiger partial charge in [-0.05, 0) is 25.7 Å². The number of hydrogen-bond donors (Lipinski definition) is 2. The predicted octanol–water partition coefficient (Wildman–Crippen LogP) is 2.12. The van der Waals surface area contributed by atoms with Gasteiger partial charge in [0.05, 0.1) is 11.1 Å². The van der Waals surface area contributed by atoms with Crippen LogP contribution >= 0.6 is 0 Å². The van der Waals surface area contributed by atoms with Crippen LogP contribution < -0.4 is 0 Å². The summed E-state index contributed by atoms with van der Waals surface area (Å²) in [5, 5.41) is 18.0. The normalized spacial score (nSPS) is 20.8. The third kappa shape index (κ3) is 1.87. The molecule has 0 saturated heterocycles. The maximum atomic E-state index is 11.0. The molecule has 0 fully saturated rings. The van der Waals surface area contributed by atoms with E-state index in [0.29, 0.717) is 12.8 Å². The average molecular weight is 222 g/mol. The number of carboxylic acid groups (broad SMARTS) is 2. The largest absolute Gasteiger partial charge is 0.478 e. The van der Waals surface area contributed by atoms with E-state index in [2.05, 4.69) is 0 Å². The highest BCUT2D eigenvalue weighted by molar-refractivity contribution is 6.00. The Labute approximate surface area is 93.3 Å². The molecule has 16 heavy (non-hydrogen) atoms. The molecule has 0 aromatic rings. The first-order valence-electron chi connectivity index (χ1n) is 5.48. The number of rotatable bonds is 2. The number of carboxylic acids is 2. The highest BCUT2D eigenvalue weighted by atomic mass is 16.4. The molecule has 0 atom stereocenters. The van der Waals surface area contributed by atoms with E-state index in [1.165, 1.54) is 0 Å². The Morgan fingerprint density at radius 3 is 1.50 bits per heavy atom. The fourth-order valence-electron chi connectivity index (χ4n) is 2.51. The molecule has 0 radical (unpaired) electrons. The molecule has 0 spiro atoms. The highest BCUT2D eigenvalue weighted by Crippen LogP contribution is 2.38. The second-order valence-electron chi connectivity index (χ2n) is 4.34. The van der Waals surface area contributed by atoms with Gasteiger partial charge < -0.3 is 10.2 Å². The van der Waals surface area contributed by atoms with Gasteiger partial charge in [0.1, 0.15) is 0 Å². The molecule has 0 unspecified atom stereocenters. The number of carbonyl (C=O) groups is 2. The molecule has 0 amide bonds. The zero-order valence-corrected chi connectivity index (χ0v) is 8.95. The summed E-state index contributed by atoms with van der Waals surface area (Å²) in [6, 6.07) is 0. The third-order valence-electron chi connectivity index (χ3n) is 3.37. The van der Waals surface area contributed by atoms with Crippen LogP contribution in [0.15, 0.2) is 22.3 Å². The lowest BCUT2D eigenvalue weighted by Gasteiger charge is -2.26. The van der Waals surface area contributed by atoms with Gasteiger partial charge in [-0.2, -0.15) is 0 Å². The van der Waals surface area contributed by atoms with Crippen molar-refractivity contribution in [2.45, 2.75) is 38.5 Å². The van der Waals surface area contributed by atoms with Gasteiger partial charge in [-0.1, -0.05) is 11.1 Å². The predicted molar refractivity (Wildman–Crippen MR) is 57.0 cm³/mol. The molecule has 2 aliphatic carbocycles. The van der Waals surface area contributed by atoms with Crippen LogP contribution in [0.1, 0.15) is 38.5 Å².